The summed E-state index contributed by atoms with van der Waals surface area (Å²) in [6, 6.07) is 4.24. The van der Waals surface area contributed by atoms with Gasteiger partial charge in [0.05, 0.1) is 0 Å². The molecule has 1 amide bonds. The summed E-state index contributed by atoms with van der Waals surface area (Å²) in [7, 11) is 0. The van der Waals surface area contributed by atoms with Crippen molar-refractivity contribution in [1.29, 1.82) is 0 Å². The van der Waals surface area contributed by atoms with Crippen molar-refractivity contribution in [3.8, 4) is 5.75 Å². The van der Waals surface area contributed by atoms with E-state index in [0.717, 1.165) is 5.56 Å². The first-order chi connectivity index (χ1) is 7.13. The summed E-state index contributed by atoms with van der Waals surface area (Å²) in [5.41, 5.74) is 0.806. The molecule has 1 aromatic rings. The Hall–Kier alpha value is -1.58. The van der Waals surface area contributed by atoms with Crippen LogP contribution < -0.4 is 10.1 Å². The molecular formula is C11H14FNO2. The molecule has 0 fully saturated rings. The first-order valence-corrected chi connectivity index (χ1v) is 4.79. The molecule has 0 saturated carbocycles. The number of benzene rings is 1. The highest BCUT2D eigenvalue weighted by Gasteiger charge is 2.04. The Balaban J connectivity index is 2.57. The molecule has 0 atom stereocenters. The van der Waals surface area contributed by atoms with Gasteiger partial charge in [0, 0.05) is 12.6 Å². The smallest absolute Gasteiger partial charge is 0.257 e. The van der Waals surface area contributed by atoms with Crippen LogP contribution in [0.15, 0.2) is 18.2 Å². The molecule has 3 nitrogen and oxygen atoms in total. The van der Waals surface area contributed by atoms with Gasteiger partial charge >= 0.3 is 0 Å². The van der Waals surface area contributed by atoms with Crippen LogP contribution in [0.4, 0.5) is 4.39 Å². The number of carbonyl (C=O) groups is 1. The minimum absolute atomic E-state index is 0.0852. The lowest BCUT2D eigenvalue weighted by molar-refractivity contribution is -0.122. The number of ether oxygens (including phenoxy) is 1. The van der Waals surface area contributed by atoms with Crippen LogP contribution in [0.1, 0.15) is 12.5 Å². The fourth-order valence-electron chi connectivity index (χ4n) is 1.12. The Labute approximate surface area is 88.2 Å². The highest BCUT2D eigenvalue weighted by Crippen LogP contribution is 2.18. The van der Waals surface area contributed by atoms with Crippen molar-refractivity contribution in [2.75, 3.05) is 13.2 Å². The molecule has 0 unspecified atom stereocenters. The maximum atomic E-state index is 12.8. The number of likely N-dealkylation sites (N-methyl/N-ethyl adjacent to an activating group) is 1. The summed E-state index contributed by atoms with van der Waals surface area (Å²) in [6.07, 6.45) is 0. The van der Waals surface area contributed by atoms with Crippen molar-refractivity contribution in [1.82, 2.24) is 5.32 Å². The molecule has 0 saturated heterocycles. The summed E-state index contributed by atoms with van der Waals surface area (Å²) in [6.45, 7) is 4.10. The third-order valence-corrected chi connectivity index (χ3v) is 1.88. The van der Waals surface area contributed by atoms with Crippen molar-refractivity contribution >= 4 is 5.91 Å². The standard InChI is InChI=1S/C11H14FNO2/c1-3-13-11(14)7-15-10-6-9(12)5-4-8(10)2/h4-6H,3,7H2,1-2H3,(H,13,14). The van der Waals surface area contributed by atoms with Crippen LogP contribution in [0.25, 0.3) is 0 Å². The summed E-state index contributed by atoms with van der Waals surface area (Å²) in [5.74, 6) is -0.172. The average Bonchev–Trinajstić information content (AvgIpc) is 2.20. The molecule has 0 aromatic heterocycles. The van der Waals surface area contributed by atoms with Gasteiger partial charge in [-0.15, -0.1) is 0 Å². The third kappa shape index (κ3) is 3.58. The summed E-state index contributed by atoms with van der Waals surface area (Å²) in [5, 5.41) is 2.59. The van der Waals surface area contributed by atoms with E-state index in [1.54, 1.807) is 13.0 Å². The number of aryl methyl sites for hydroxylation is 1. The lowest BCUT2D eigenvalue weighted by Crippen LogP contribution is -2.28. The first-order valence-electron chi connectivity index (χ1n) is 4.79. The zero-order valence-corrected chi connectivity index (χ0v) is 8.84. The van der Waals surface area contributed by atoms with E-state index in [1.807, 2.05) is 6.92 Å². The zero-order valence-electron chi connectivity index (χ0n) is 8.84. The molecule has 1 rings (SSSR count). The maximum absolute atomic E-state index is 12.8. The van der Waals surface area contributed by atoms with Crippen molar-refractivity contribution in [3.05, 3.63) is 29.6 Å². The summed E-state index contributed by atoms with van der Waals surface area (Å²) >= 11 is 0. The van der Waals surface area contributed by atoms with Crippen LogP contribution in [0.5, 0.6) is 5.75 Å². The van der Waals surface area contributed by atoms with Gasteiger partial charge in [0.2, 0.25) is 0 Å². The predicted molar refractivity (Wildman–Crippen MR) is 55.3 cm³/mol. The predicted octanol–water partition coefficient (Wildman–Crippen LogP) is 1.65. The lowest BCUT2D eigenvalue weighted by atomic mass is 10.2. The fraction of sp³-hybridized carbons (Fsp3) is 0.364. The second kappa shape index (κ2) is 5.34. The average molecular weight is 211 g/mol. The van der Waals surface area contributed by atoms with E-state index in [-0.39, 0.29) is 18.3 Å². The molecular weight excluding hydrogens is 197 g/mol. The molecule has 0 bridgehead atoms. The van der Waals surface area contributed by atoms with Gasteiger partial charge in [-0.2, -0.15) is 0 Å². The van der Waals surface area contributed by atoms with Crippen molar-refractivity contribution in [2.24, 2.45) is 0 Å². The number of amides is 1. The van der Waals surface area contributed by atoms with Gasteiger partial charge in [-0.05, 0) is 25.5 Å². The number of hydrogen-bond acceptors (Lipinski definition) is 2. The molecule has 0 spiro atoms. The largest absolute Gasteiger partial charge is 0.483 e. The number of rotatable bonds is 4. The highest BCUT2D eigenvalue weighted by molar-refractivity contribution is 5.77. The Morgan fingerprint density at radius 1 is 1.53 bits per heavy atom. The second-order valence-electron chi connectivity index (χ2n) is 3.15. The zero-order chi connectivity index (χ0) is 11.3. The quantitative estimate of drug-likeness (QED) is 0.822. The summed E-state index contributed by atoms with van der Waals surface area (Å²) < 4.78 is 18.0. The monoisotopic (exact) mass is 211 g/mol. The van der Waals surface area contributed by atoms with E-state index in [4.69, 9.17) is 4.74 Å². The molecule has 82 valence electrons. The number of carbonyl (C=O) groups excluding carboxylic acids is 1. The Morgan fingerprint density at radius 3 is 2.93 bits per heavy atom. The van der Waals surface area contributed by atoms with Gasteiger partial charge in [-0.25, -0.2) is 4.39 Å². The number of halogens is 1. The van der Waals surface area contributed by atoms with Gasteiger partial charge in [0.1, 0.15) is 11.6 Å². The first kappa shape index (κ1) is 11.5. The summed E-state index contributed by atoms with van der Waals surface area (Å²) in [4.78, 5) is 11.1. The van der Waals surface area contributed by atoms with Gasteiger partial charge < -0.3 is 10.1 Å². The minimum Gasteiger partial charge on any atom is -0.483 e. The van der Waals surface area contributed by atoms with Crippen LogP contribution in [-0.4, -0.2) is 19.1 Å². The van der Waals surface area contributed by atoms with Crippen LogP contribution in [-0.2, 0) is 4.79 Å². The normalized spacial score (nSPS) is 9.80. The highest BCUT2D eigenvalue weighted by atomic mass is 19.1. The third-order valence-electron chi connectivity index (χ3n) is 1.88. The van der Waals surface area contributed by atoms with E-state index in [2.05, 4.69) is 5.32 Å². The molecule has 0 aliphatic heterocycles. The molecule has 4 heteroatoms. The van der Waals surface area contributed by atoms with E-state index >= 15 is 0 Å². The van der Waals surface area contributed by atoms with Crippen LogP contribution in [0.3, 0.4) is 0 Å². The van der Waals surface area contributed by atoms with Crippen molar-refractivity contribution in [3.63, 3.8) is 0 Å². The van der Waals surface area contributed by atoms with E-state index in [0.29, 0.717) is 12.3 Å². The molecule has 0 aliphatic rings. The second-order valence-corrected chi connectivity index (χ2v) is 3.15. The maximum Gasteiger partial charge on any atom is 0.257 e. The van der Waals surface area contributed by atoms with E-state index in [9.17, 15) is 9.18 Å². The van der Waals surface area contributed by atoms with Gasteiger partial charge in [-0.1, -0.05) is 6.07 Å². The molecule has 0 heterocycles. The SMILES string of the molecule is CCNC(=O)COc1cc(F)ccc1C. The van der Waals surface area contributed by atoms with Crippen LogP contribution in [0, 0.1) is 12.7 Å². The topological polar surface area (TPSA) is 38.3 Å². The minimum atomic E-state index is -0.369. The van der Waals surface area contributed by atoms with Gasteiger partial charge in [-0.3, -0.25) is 4.79 Å². The van der Waals surface area contributed by atoms with E-state index < -0.39 is 0 Å². The molecule has 1 N–H and O–H groups in total. The number of nitrogens with one attached hydrogen (secondary N) is 1. The Morgan fingerprint density at radius 2 is 2.27 bits per heavy atom. The molecule has 0 radical (unpaired) electrons. The number of hydrogen-bond donors (Lipinski definition) is 1. The van der Waals surface area contributed by atoms with Crippen LogP contribution >= 0.6 is 0 Å². The van der Waals surface area contributed by atoms with Crippen molar-refractivity contribution < 1.29 is 13.9 Å². The molecule has 1 aromatic carbocycles. The Kier molecular flexibility index (Phi) is 4.09. The molecule has 0 aliphatic carbocycles. The van der Waals surface area contributed by atoms with Gasteiger partial charge in [0.25, 0.3) is 5.91 Å². The Bertz CT molecular complexity index is 352. The van der Waals surface area contributed by atoms with Gasteiger partial charge in [0.15, 0.2) is 6.61 Å². The van der Waals surface area contributed by atoms with E-state index in [1.165, 1.54) is 12.1 Å². The lowest BCUT2D eigenvalue weighted by Gasteiger charge is -2.08. The fourth-order valence-corrected chi connectivity index (χ4v) is 1.12. The van der Waals surface area contributed by atoms with Crippen molar-refractivity contribution in [2.45, 2.75) is 13.8 Å². The molecule has 15 heavy (non-hydrogen) atoms. The van der Waals surface area contributed by atoms with Crippen LogP contribution in [0.2, 0.25) is 0 Å².